The van der Waals surface area contributed by atoms with Crippen molar-refractivity contribution in [2.75, 3.05) is 13.2 Å². The Morgan fingerprint density at radius 1 is 1.37 bits per heavy atom. The van der Waals surface area contributed by atoms with Crippen molar-refractivity contribution >= 4 is 40.7 Å². The zero-order chi connectivity index (χ0) is 27.6. The van der Waals surface area contributed by atoms with Crippen LogP contribution in [0.1, 0.15) is 49.7 Å². The molecule has 1 aromatic carbocycles. The van der Waals surface area contributed by atoms with Gasteiger partial charge in [-0.25, -0.2) is 22.9 Å². The Kier molecular flexibility index (Phi) is 8.43. The fraction of sp³-hybridized carbons (Fsp3) is 0.440. The van der Waals surface area contributed by atoms with Crippen LogP contribution in [0.3, 0.4) is 0 Å². The first-order valence-corrected chi connectivity index (χ1v) is 13.2. The molecule has 4 rings (SSSR count). The summed E-state index contributed by atoms with van der Waals surface area (Å²) in [6, 6.07) is 0.696. The summed E-state index contributed by atoms with van der Waals surface area (Å²) in [5, 5.41) is 14.5. The number of thiazole rings is 1. The highest BCUT2D eigenvalue weighted by atomic mass is 35.5. The molecule has 204 valence electrons. The summed E-state index contributed by atoms with van der Waals surface area (Å²) in [6.45, 7) is 2.90. The molecule has 0 amide bonds. The van der Waals surface area contributed by atoms with Gasteiger partial charge in [0.1, 0.15) is 11.9 Å². The number of aliphatic imine (C=N–C) groups is 1. The van der Waals surface area contributed by atoms with Crippen LogP contribution in [0.2, 0.25) is 5.02 Å². The molecule has 0 aliphatic carbocycles. The van der Waals surface area contributed by atoms with E-state index >= 15 is 0 Å². The first-order chi connectivity index (χ1) is 18.0. The third-order valence-corrected chi connectivity index (χ3v) is 7.74. The van der Waals surface area contributed by atoms with Crippen molar-refractivity contribution in [2.45, 2.75) is 57.2 Å². The number of aliphatic carboxylic acids is 1. The van der Waals surface area contributed by atoms with Crippen LogP contribution < -0.4 is 5.32 Å². The van der Waals surface area contributed by atoms with Crippen LogP contribution in [0, 0.1) is 5.82 Å². The van der Waals surface area contributed by atoms with Crippen molar-refractivity contribution in [3.05, 3.63) is 62.5 Å². The number of benzene rings is 1. The third kappa shape index (κ3) is 5.87. The lowest BCUT2D eigenvalue weighted by Crippen LogP contribution is -2.45. The van der Waals surface area contributed by atoms with E-state index in [0.717, 1.165) is 6.07 Å². The Balaban J connectivity index is 1.83. The van der Waals surface area contributed by atoms with Gasteiger partial charge in [0.2, 0.25) is 0 Å². The lowest BCUT2D eigenvalue weighted by molar-refractivity contribution is -0.139. The summed E-state index contributed by atoms with van der Waals surface area (Å²) in [7, 11) is 0. The number of hydrogen-bond donors (Lipinski definition) is 2. The molecule has 38 heavy (non-hydrogen) atoms. The maximum Gasteiger partial charge on any atom is 0.338 e. The molecular weight excluding hydrogens is 545 g/mol. The van der Waals surface area contributed by atoms with E-state index in [1.807, 2.05) is 0 Å². The molecular formula is C25H26ClF3N4O4S. The minimum absolute atomic E-state index is 0.0118. The number of ether oxygens (including phenoxy) is 1. The second kappa shape index (κ2) is 11.4. The molecule has 3 atom stereocenters. The normalized spacial score (nSPS) is 23.2. The van der Waals surface area contributed by atoms with E-state index < -0.39 is 48.2 Å². The Hall–Kier alpha value is -2.96. The van der Waals surface area contributed by atoms with Crippen molar-refractivity contribution in [3.8, 4) is 0 Å². The first kappa shape index (κ1) is 28.1. The predicted molar refractivity (Wildman–Crippen MR) is 136 cm³/mol. The van der Waals surface area contributed by atoms with Gasteiger partial charge in [0.25, 0.3) is 5.92 Å². The van der Waals surface area contributed by atoms with Gasteiger partial charge < -0.3 is 15.2 Å². The van der Waals surface area contributed by atoms with Gasteiger partial charge in [-0.1, -0.05) is 17.7 Å². The SMILES string of the molecule is CCOC(=O)C1=C(CN2C(C)C(F)(F)C[C@H]2CCC(=O)O)NC(c2nccs2)=N[C@H]1c1ccc(F)cc1Cl. The van der Waals surface area contributed by atoms with Gasteiger partial charge in [-0.2, -0.15) is 0 Å². The molecule has 0 spiro atoms. The summed E-state index contributed by atoms with van der Waals surface area (Å²) in [6.07, 6.45) is 0.794. The number of halogens is 4. The highest BCUT2D eigenvalue weighted by Gasteiger charge is 2.51. The first-order valence-electron chi connectivity index (χ1n) is 12.0. The Labute approximate surface area is 226 Å². The van der Waals surface area contributed by atoms with Crippen LogP contribution in [-0.4, -0.2) is 63.9 Å². The molecule has 1 saturated heterocycles. The van der Waals surface area contributed by atoms with Crippen LogP contribution in [0.5, 0.6) is 0 Å². The second-order valence-electron chi connectivity index (χ2n) is 9.02. The molecule has 8 nitrogen and oxygen atoms in total. The Morgan fingerprint density at radius 3 is 2.76 bits per heavy atom. The van der Waals surface area contributed by atoms with Crippen molar-refractivity contribution in [1.82, 2.24) is 15.2 Å². The standard InChI is InChI=1S/C25H26ClF3N4O4S/c1-3-37-24(36)20-18(12-33-13(2)25(28,29)11-15(33)5-7-19(34)35)31-22(23-30-8-9-38-23)32-21(20)16-6-4-14(27)10-17(16)26/h4,6,8-10,13,15,21H,3,5,7,11-12H2,1-2H3,(H,31,32)(H,34,35)/t13?,15-,21+/m1/s1. The van der Waals surface area contributed by atoms with E-state index in [1.165, 1.54) is 35.3 Å². The summed E-state index contributed by atoms with van der Waals surface area (Å²) in [5.74, 6) is -5.17. The predicted octanol–water partition coefficient (Wildman–Crippen LogP) is 4.81. The van der Waals surface area contributed by atoms with Crippen LogP contribution in [-0.2, 0) is 14.3 Å². The van der Waals surface area contributed by atoms with Gasteiger partial charge in [-0.15, -0.1) is 11.3 Å². The zero-order valence-electron chi connectivity index (χ0n) is 20.6. The number of nitrogens with one attached hydrogen (secondary N) is 1. The largest absolute Gasteiger partial charge is 0.481 e. The molecule has 1 unspecified atom stereocenters. The zero-order valence-corrected chi connectivity index (χ0v) is 22.2. The van der Waals surface area contributed by atoms with Crippen LogP contribution >= 0.6 is 22.9 Å². The van der Waals surface area contributed by atoms with Gasteiger partial charge in [0, 0.05) is 53.3 Å². The molecule has 0 radical (unpaired) electrons. The average Bonchev–Trinajstić information content (AvgIpc) is 3.46. The monoisotopic (exact) mass is 570 g/mol. The van der Waals surface area contributed by atoms with Crippen molar-refractivity contribution in [1.29, 1.82) is 0 Å². The minimum Gasteiger partial charge on any atom is -0.481 e. The third-order valence-electron chi connectivity index (χ3n) is 6.63. The van der Waals surface area contributed by atoms with E-state index in [0.29, 0.717) is 10.6 Å². The number of likely N-dealkylation sites (tertiary alicyclic amines) is 1. The van der Waals surface area contributed by atoms with Crippen molar-refractivity contribution < 1.29 is 32.6 Å². The number of aromatic nitrogens is 1. The molecule has 1 fully saturated rings. The highest BCUT2D eigenvalue weighted by molar-refractivity contribution is 7.11. The quantitative estimate of drug-likeness (QED) is 0.417. The summed E-state index contributed by atoms with van der Waals surface area (Å²) in [4.78, 5) is 34.9. The molecule has 2 aromatic rings. The van der Waals surface area contributed by atoms with Gasteiger partial charge in [0.05, 0.1) is 18.2 Å². The number of nitrogens with zero attached hydrogens (tertiary/aromatic N) is 3. The minimum atomic E-state index is -3.06. The molecule has 1 aromatic heterocycles. The molecule has 13 heteroatoms. The summed E-state index contributed by atoms with van der Waals surface area (Å²) in [5.41, 5.74) is 0.616. The summed E-state index contributed by atoms with van der Waals surface area (Å²) < 4.78 is 48.8. The van der Waals surface area contributed by atoms with Crippen molar-refractivity contribution in [2.24, 2.45) is 4.99 Å². The fourth-order valence-corrected chi connectivity index (χ4v) is 5.59. The van der Waals surface area contributed by atoms with E-state index in [4.69, 9.17) is 21.4 Å². The van der Waals surface area contributed by atoms with Gasteiger partial charge in [-0.05, 0) is 32.4 Å². The summed E-state index contributed by atoms with van der Waals surface area (Å²) >= 11 is 7.65. The lowest BCUT2D eigenvalue weighted by Gasteiger charge is -2.33. The van der Waals surface area contributed by atoms with E-state index in [1.54, 1.807) is 18.5 Å². The number of carbonyl (C=O) groups is 2. The average molecular weight is 571 g/mol. The molecule has 2 N–H and O–H groups in total. The number of carboxylic acids is 1. The molecule has 2 aliphatic heterocycles. The van der Waals surface area contributed by atoms with Gasteiger partial charge >= 0.3 is 11.9 Å². The maximum atomic E-state index is 14.8. The lowest BCUT2D eigenvalue weighted by atomic mass is 9.95. The number of esters is 1. The molecule has 2 aliphatic rings. The van der Waals surface area contributed by atoms with E-state index in [2.05, 4.69) is 15.3 Å². The van der Waals surface area contributed by atoms with Crippen LogP contribution in [0.15, 0.2) is 46.0 Å². The topological polar surface area (TPSA) is 104 Å². The molecule has 0 bridgehead atoms. The number of carboxylic acid groups (broad SMARTS) is 1. The van der Waals surface area contributed by atoms with Gasteiger partial charge in [-0.3, -0.25) is 14.7 Å². The number of carbonyl (C=O) groups excluding carboxylic acids is 1. The maximum absolute atomic E-state index is 14.8. The molecule has 3 heterocycles. The van der Waals surface area contributed by atoms with E-state index in [9.17, 15) is 22.8 Å². The van der Waals surface area contributed by atoms with Crippen molar-refractivity contribution in [3.63, 3.8) is 0 Å². The van der Waals surface area contributed by atoms with Gasteiger partial charge in [0.15, 0.2) is 10.8 Å². The number of alkyl halides is 2. The van der Waals surface area contributed by atoms with E-state index in [-0.39, 0.29) is 48.1 Å². The second-order valence-corrected chi connectivity index (χ2v) is 10.3. The number of hydrogen-bond acceptors (Lipinski definition) is 8. The Bertz CT molecular complexity index is 1270. The fourth-order valence-electron chi connectivity index (χ4n) is 4.73. The van der Waals surface area contributed by atoms with Crippen LogP contribution in [0.25, 0.3) is 0 Å². The number of rotatable bonds is 9. The molecule has 0 saturated carbocycles. The number of amidine groups is 1. The highest BCUT2D eigenvalue weighted by Crippen LogP contribution is 2.42. The van der Waals surface area contributed by atoms with Crippen LogP contribution in [0.4, 0.5) is 13.2 Å². The smallest absolute Gasteiger partial charge is 0.338 e. The Morgan fingerprint density at radius 2 is 2.13 bits per heavy atom.